The Balaban J connectivity index is 1.46. The summed E-state index contributed by atoms with van der Waals surface area (Å²) >= 11 is 4.81. The zero-order valence-electron chi connectivity index (χ0n) is 15.7. The molecule has 1 N–H and O–H groups in total. The highest BCUT2D eigenvalue weighted by molar-refractivity contribution is 9.10. The number of benzene rings is 2. The number of carbonyl (C=O) groups is 1. The van der Waals surface area contributed by atoms with E-state index in [1.165, 1.54) is 18.1 Å². The van der Waals surface area contributed by atoms with Crippen LogP contribution in [0.2, 0.25) is 0 Å². The van der Waals surface area contributed by atoms with Crippen molar-refractivity contribution in [1.82, 2.24) is 19.7 Å². The third-order valence-corrected chi connectivity index (χ3v) is 5.87. The molecule has 0 aliphatic carbocycles. The minimum atomic E-state index is -0.0798. The van der Waals surface area contributed by atoms with Crippen LogP contribution in [0.3, 0.4) is 0 Å². The first-order chi connectivity index (χ1) is 14.1. The number of rotatable bonds is 6. The molecule has 0 fully saturated rings. The van der Waals surface area contributed by atoms with E-state index in [4.69, 9.17) is 0 Å². The molecule has 0 saturated heterocycles. The van der Waals surface area contributed by atoms with Crippen molar-refractivity contribution in [3.8, 4) is 0 Å². The van der Waals surface area contributed by atoms with E-state index in [9.17, 15) is 4.79 Å². The van der Waals surface area contributed by atoms with E-state index in [1.54, 1.807) is 6.20 Å². The minimum Gasteiger partial charge on any atom is -0.325 e. The normalized spacial score (nSPS) is 11.0. The fraction of sp³-hybridized carbons (Fsp3) is 0.143. The van der Waals surface area contributed by atoms with Crippen LogP contribution < -0.4 is 5.32 Å². The van der Waals surface area contributed by atoms with Gasteiger partial charge in [0.25, 0.3) is 0 Å². The molecule has 29 heavy (non-hydrogen) atoms. The van der Waals surface area contributed by atoms with Crippen LogP contribution in [-0.4, -0.2) is 31.4 Å². The highest BCUT2D eigenvalue weighted by Gasteiger charge is 2.13. The highest BCUT2D eigenvalue weighted by atomic mass is 79.9. The van der Waals surface area contributed by atoms with Gasteiger partial charge in [0, 0.05) is 10.2 Å². The zero-order valence-corrected chi connectivity index (χ0v) is 18.1. The fourth-order valence-corrected chi connectivity index (χ4v) is 4.18. The molecule has 2 aromatic heterocycles. The third kappa shape index (κ3) is 4.65. The number of aryl methyl sites for hydroxylation is 1. The lowest BCUT2D eigenvalue weighted by Crippen LogP contribution is -2.15. The summed E-state index contributed by atoms with van der Waals surface area (Å²) in [5.41, 5.74) is 3.72. The van der Waals surface area contributed by atoms with E-state index in [0.29, 0.717) is 6.54 Å². The molecule has 0 unspecified atom stereocenters. The number of aromatic nitrogens is 4. The second-order valence-electron chi connectivity index (χ2n) is 6.50. The minimum absolute atomic E-state index is 0.0798. The van der Waals surface area contributed by atoms with Crippen LogP contribution in [0.25, 0.3) is 11.0 Å². The lowest BCUT2D eigenvalue weighted by molar-refractivity contribution is -0.113. The first-order valence-corrected chi connectivity index (χ1v) is 10.8. The van der Waals surface area contributed by atoms with Crippen molar-refractivity contribution in [1.29, 1.82) is 0 Å². The van der Waals surface area contributed by atoms with Gasteiger partial charge in [0.05, 0.1) is 23.9 Å². The van der Waals surface area contributed by atoms with Crippen molar-refractivity contribution in [2.24, 2.45) is 0 Å². The Morgan fingerprint density at radius 3 is 2.79 bits per heavy atom. The molecule has 8 heteroatoms. The van der Waals surface area contributed by atoms with Crippen molar-refractivity contribution in [2.75, 3.05) is 11.1 Å². The summed E-state index contributed by atoms with van der Waals surface area (Å²) in [6, 6.07) is 15.9. The number of carbonyl (C=O) groups excluding carboxylic acids is 1. The summed E-state index contributed by atoms with van der Waals surface area (Å²) in [5.74, 6) is 0.176. The maximum Gasteiger partial charge on any atom is 0.234 e. The Kier molecular flexibility index (Phi) is 5.92. The average Bonchev–Trinajstić information content (AvgIpc) is 3.13. The van der Waals surface area contributed by atoms with E-state index in [0.717, 1.165) is 37.3 Å². The number of anilines is 1. The number of nitrogens with one attached hydrogen (secondary N) is 1. The maximum atomic E-state index is 12.4. The van der Waals surface area contributed by atoms with Gasteiger partial charge in [-0.3, -0.25) is 4.79 Å². The van der Waals surface area contributed by atoms with Crippen LogP contribution in [-0.2, 0) is 11.3 Å². The Morgan fingerprint density at radius 1 is 1.17 bits per heavy atom. The third-order valence-electron chi connectivity index (χ3n) is 4.37. The van der Waals surface area contributed by atoms with E-state index in [2.05, 4.69) is 48.4 Å². The predicted octanol–water partition coefficient (Wildman–Crippen LogP) is 4.68. The molecule has 0 aliphatic heterocycles. The summed E-state index contributed by atoms with van der Waals surface area (Å²) in [7, 11) is 0. The smallest absolute Gasteiger partial charge is 0.234 e. The fourth-order valence-electron chi connectivity index (χ4n) is 2.95. The number of hydrogen-bond acceptors (Lipinski definition) is 5. The Bertz CT molecular complexity index is 1160. The van der Waals surface area contributed by atoms with Crippen LogP contribution >= 0.6 is 27.7 Å². The maximum absolute atomic E-state index is 12.4. The quantitative estimate of drug-likeness (QED) is 0.329. The van der Waals surface area contributed by atoms with Gasteiger partial charge in [0.1, 0.15) is 11.4 Å². The second kappa shape index (κ2) is 8.75. The van der Waals surface area contributed by atoms with Gasteiger partial charge in [-0.1, -0.05) is 58.0 Å². The van der Waals surface area contributed by atoms with Crippen molar-refractivity contribution >= 4 is 50.3 Å². The van der Waals surface area contributed by atoms with Gasteiger partial charge in [-0.05, 0) is 36.2 Å². The molecule has 146 valence electrons. The molecule has 0 aliphatic rings. The monoisotopic (exact) mass is 467 g/mol. The van der Waals surface area contributed by atoms with Gasteiger partial charge >= 0.3 is 0 Å². The van der Waals surface area contributed by atoms with E-state index >= 15 is 0 Å². The molecule has 0 spiro atoms. The second-order valence-corrected chi connectivity index (χ2v) is 8.38. The Morgan fingerprint density at radius 2 is 2.00 bits per heavy atom. The van der Waals surface area contributed by atoms with Crippen molar-refractivity contribution in [3.05, 3.63) is 76.7 Å². The lowest BCUT2D eigenvalue weighted by atomic mass is 10.2. The summed E-state index contributed by atoms with van der Waals surface area (Å²) < 4.78 is 2.83. The Hall–Kier alpha value is -2.71. The molecule has 2 heterocycles. The van der Waals surface area contributed by atoms with Crippen LogP contribution in [0.15, 0.2) is 70.6 Å². The first kappa shape index (κ1) is 19.6. The molecule has 2 aromatic carbocycles. The number of nitrogens with zero attached hydrogens (tertiary/aromatic N) is 4. The van der Waals surface area contributed by atoms with Crippen molar-refractivity contribution in [3.63, 3.8) is 0 Å². The van der Waals surface area contributed by atoms with Gasteiger partial charge < -0.3 is 5.32 Å². The molecule has 0 saturated carbocycles. The zero-order chi connectivity index (χ0) is 20.2. The standard InChI is InChI=1S/C21H18BrN5OS/c1-14-9-16(22)7-8-18(14)26-19(28)12-29-21-17-10-25-27(20(17)23-13-24-21)11-15-5-3-2-4-6-15/h2-10,13H,11-12H2,1H3,(H,26,28). The first-order valence-electron chi connectivity index (χ1n) is 8.99. The van der Waals surface area contributed by atoms with Crippen LogP contribution in [0.1, 0.15) is 11.1 Å². The molecule has 0 radical (unpaired) electrons. The van der Waals surface area contributed by atoms with Crippen molar-refractivity contribution < 1.29 is 4.79 Å². The number of amides is 1. The van der Waals surface area contributed by atoms with E-state index in [1.807, 2.05) is 48.0 Å². The molecule has 4 rings (SSSR count). The summed E-state index contributed by atoms with van der Waals surface area (Å²) in [6.07, 6.45) is 3.28. The molecule has 4 aromatic rings. The molecule has 0 bridgehead atoms. The number of thioether (sulfide) groups is 1. The van der Waals surface area contributed by atoms with Gasteiger partial charge in [-0.15, -0.1) is 0 Å². The van der Waals surface area contributed by atoms with Crippen LogP contribution in [0, 0.1) is 6.92 Å². The summed E-state index contributed by atoms with van der Waals surface area (Å²) in [5, 5.41) is 9.01. The molecule has 0 atom stereocenters. The summed E-state index contributed by atoms with van der Waals surface area (Å²) in [4.78, 5) is 21.1. The lowest BCUT2D eigenvalue weighted by Gasteiger charge is -2.08. The highest BCUT2D eigenvalue weighted by Crippen LogP contribution is 2.25. The average molecular weight is 468 g/mol. The topological polar surface area (TPSA) is 72.7 Å². The van der Waals surface area contributed by atoms with Crippen LogP contribution in [0.5, 0.6) is 0 Å². The van der Waals surface area contributed by atoms with Crippen LogP contribution in [0.4, 0.5) is 5.69 Å². The Labute approximate surface area is 180 Å². The molecule has 1 amide bonds. The van der Waals surface area contributed by atoms with Gasteiger partial charge in [-0.25, -0.2) is 14.6 Å². The van der Waals surface area contributed by atoms with E-state index < -0.39 is 0 Å². The number of halogens is 1. The molecule has 6 nitrogen and oxygen atoms in total. The van der Waals surface area contributed by atoms with Gasteiger partial charge in [0.2, 0.25) is 5.91 Å². The molecular weight excluding hydrogens is 450 g/mol. The summed E-state index contributed by atoms with van der Waals surface area (Å²) in [6.45, 7) is 2.59. The van der Waals surface area contributed by atoms with Gasteiger partial charge in [-0.2, -0.15) is 5.10 Å². The number of hydrogen-bond donors (Lipinski definition) is 1. The van der Waals surface area contributed by atoms with Crippen molar-refractivity contribution in [2.45, 2.75) is 18.5 Å². The van der Waals surface area contributed by atoms with Gasteiger partial charge in [0.15, 0.2) is 5.65 Å². The SMILES string of the molecule is Cc1cc(Br)ccc1NC(=O)CSc1ncnc2c1cnn2Cc1ccccc1. The molecular formula is C21H18BrN5OS. The predicted molar refractivity (Wildman–Crippen MR) is 119 cm³/mol. The number of fused-ring (bicyclic) bond motifs is 1. The largest absolute Gasteiger partial charge is 0.325 e. The van der Waals surface area contributed by atoms with E-state index in [-0.39, 0.29) is 11.7 Å².